The van der Waals surface area contributed by atoms with Crippen LogP contribution in [0.1, 0.15) is 25.3 Å². The molecule has 1 fully saturated rings. The van der Waals surface area contributed by atoms with E-state index in [-0.39, 0.29) is 6.04 Å². The summed E-state index contributed by atoms with van der Waals surface area (Å²) >= 11 is 5.71. The normalized spacial score (nSPS) is 23.4. The van der Waals surface area contributed by atoms with E-state index in [1.165, 1.54) is 0 Å². The van der Waals surface area contributed by atoms with Crippen molar-refractivity contribution in [3.63, 3.8) is 0 Å². The molecule has 0 bridgehead atoms. The fraction of sp³-hybridized carbons (Fsp3) is 0.500. The third-order valence-electron chi connectivity index (χ3n) is 2.16. The van der Waals surface area contributed by atoms with E-state index in [0.29, 0.717) is 23.6 Å². The second kappa shape index (κ2) is 2.90. The maximum atomic E-state index is 11.0. The number of carbonyl (C=O) groups is 1. The molecular weight excluding hydrogens is 176 g/mol. The Morgan fingerprint density at radius 2 is 2.50 bits per heavy atom. The van der Waals surface area contributed by atoms with Gasteiger partial charge in [0.1, 0.15) is 5.78 Å². The van der Waals surface area contributed by atoms with E-state index in [2.05, 4.69) is 5.10 Å². The Balaban J connectivity index is 2.15. The number of ketones is 1. The third kappa shape index (κ3) is 1.37. The van der Waals surface area contributed by atoms with Gasteiger partial charge in [0, 0.05) is 19.0 Å². The van der Waals surface area contributed by atoms with Crippen LogP contribution in [0, 0.1) is 0 Å². The van der Waals surface area contributed by atoms with E-state index >= 15 is 0 Å². The van der Waals surface area contributed by atoms with Gasteiger partial charge in [0.2, 0.25) is 0 Å². The minimum absolute atomic E-state index is 0.241. The average molecular weight is 185 g/mol. The van der Waals surface area contributed by atoms with Crippen molar-refractivity contribution < 1.29 is 4.79 Å². The summed E-state index contributed by atoms with van der Waals surface area (Å²) in [4.78, 5) is 11.0. The molecule has 1 aromatic heterocycles. The van der Waals surface area contributed by atoms with Gasteiger partial charge in [-0.1, -0.05) is 11.6 Å². The van der Waals surface area contributed by atoms with Crippen LogP contribution in [-0.2, 0) is 4.79 Å². The molecule has 1 saturated carbocycles. The van der Waals surface area contributed by atoms with Gasteiger partial charge in [0.15, 0.2) is 0 Å². The van der Waals surface area contributed by atoms with Crippen molar-refractivity contribution in [3.05, 3.63) is 17.4 Å². The summed E-state index contributed by atoms with van der Waals surface area (Å²) < 4.78 is 1.78. The molecule has 0 aliphatic heterocycles. The quantitative estimate of drug-likeness (QED) is 0.668. The summed E-state index contributed by atoms with van der Waals surface area (Å²) in [6.45, 7) is 0. The average Bonchev–Trinajstić information content (AvgIpc) is 2.58. The number of carbonyl (C=O) groups excluding carboxylic acids is 1. The van der Waals surface area contributed by atoms with Crippen LogP contribution < -0.4 is 0 Å². The van der Waals surface area contributed by atoms with Gasteiger partial charge in [0.25, 0.3) is 0 Å². The van der Waals surface area contributed by atoms with Crippen LogP contribution in [0.4, 0.5) is 0 Å². The van der Waals surface area contributed by atoms with Gasteiger partial charge in [-0.25, -0.2) is 0 Å². The molecule has 0 spiro atoms. The second-order valence-corrected chi connectivity index (χ2v) is 3.51. The SMILES string of the molecule is O=C1CCC(n2cc(Cl)cn2)C1. The Bertz CT molecular complexity index is 308. The Morgan fingerprint density at radius 1 is 1.67 bits per heavy atom. The van der Waals surface area contributed by atoms with Crippen LogP contribution in [0.15, 0.2) is 12.4 Å². The van der Waals surface area contributed by atoms with Crippen LogP contribution in [0.25, 0.3) is 0 Å². The van der Waals surface area contributed by atoms with Gasteiger partial charge >= 0.3 is 0 Å². The van der Waals surface area contributed by atoms with E-state index in [4.69, 9.17) is 11.6 Å². The molecule has 2 rings (SSSR count). The number of Topliss-reactive ketones (excluding diaryl/α,β-unsaturated/α-hetero) is 1. The van der Waals surface area contributed by atoms with E-state index < -0.39 is 0 Å². The summed E-state index contributed by atoms with van der Waals surface area (Å²) in [6, 6.07) is 0.241. The molecule has 1 aliphatic carbocycles. The summed E-state index contributed by atoms with van der Waals surface area (Å²) in [7, 11) is 0. The minimum atomic E-state index is 0.241. The van der Waals surface area contributed by atoms with Gasteiger partial charge < -0.3 is 0 Å². The molecule has 1 aliphatic rings. The fourth-order valence-electron chi connectivity index (χ4n) is 1.53. The number of hydrogen-bond donors (Lipinski definition) is 0. The van der Waals surface area contributed by atoms with Gasteiger partial charge in [-0.15, -0.1) is 0 Å². The third-order valence-corrected chi connectivity index (χ3v) is 2.36. The van der Waals surface area contributed by atoms with Gasteiger partial charge in [-0.05, 0) is 6.42 Å². The van der Waals surface area contributed by atoms with Gasteiger partial charge in [-0.3, -0.25) is 9.48 Å². The Kier molecular flexibility index (Phi) is 1.89. The number of halogens is 1. The van der Waals surface area contributed by atoms with E-state index in [0.717, 1.165) is 6.42 Å². The summed E-state index contributed by atoms with van der Waals surface area (Å²) in [5, 5.41) is 4.70. The molecule has 0 saturated heterocycles. The first-order chi connectivity index (χ1) is 5.75. The standard InChI is InChI=1S/C8H9ClN2O/c9-6-4-10-11(5-6)7-1-2-8(12)3-7/h4-5,7H,1-3H2. The van der Waals surface area contributed by atoms with Crippen LogP contribution in [0.5, 0.6) is 0 Å². The predicted octanol–water partition coefficient (Wildman–Crippen LogP) is 1.83. The lowest BCUT2D eigenvalue weighted by atomic mass is 10.3. The monoisotopic (exact) mass is 184 g/mol. The molecule has 0 aromatic carbocycles. The van der Waals surface area contributed by atoms with Crippen molar-refractivity contribution in [1.82, 2.24) is 9.78 Å². The summed E-state index contributed by atoms with van der Waals surface area (Å²) in [6.07, 6.45) is 5.56. The van der Waals surface area contributed by atoms with Crippen molar-refractivity contribution in [1.29, 1.82) is 0 Å². The first-order valence-corrected chi connectivity index (χ1v) is 4.35. The zero-order chi connectivity index (χ0) is 8.55. The van der Waals surface area contributed by atoms with Gasteiger partial charge in [0.05, 0.1) is 17.3 Å². The molecule has 1 aromatic rings. The number of hydrogen-bond acceptors (Lipinski definition) is 2. The number of nitrogens with zero attached hydrogens (tertiary/aromatic N) is 2. The molecule has 0 amide bonds. The Morgan fingerprint density at radius 3 is 3.00 bits per heavy atom. The van der Waals surface area contributed by atoms with Crippen LogP contribution >= 0.6 is 11.6 Å². The summed E-state index contributed by atoms with van der Waals surface area (Å²) in [5.41, 5.74) is 0. The first kappa shape index (κ1) is 7.80. The molecule has 0 radical (unpaired) electrons. The minimum Gasteiger partial charge on any atom is -0.300 e. The highest BCUT2D eigenvalue weighted by atomic mass is 35.5. The van der Waals surface area contributed by atoms with Crippen molar-refractivity contribution in [3.8, 4) is 0 Å². The summed E-state index contributed by atoms with van der Waals surface area (Å²) in [5.74, 6) is 0.326. The zero-order valence-electron chi connectivity index (χ0n) is 6.53. The second-order valence-electron chi connectivity index (χ2n) is 3.07. The smallest absolute Gasteiger partial charge is 0.135 e. The molecule has 4 heteroatoms. The highest BCUT2D eigenvalue weighted by molar-refractivity contribution is 6.30. The van der Waals surface area contributed by atoms with Crippen molar-refractivity contribution in [2.45, 2.75) is 25.3 Å². The molecule has 12 heavy (non-hydrogen) atoms. The number of rotatable bonds is 1. The predicted molar refractivity (Wildman–Crippen MR) is 45.1 cm³/mol. The highest BCUT2D eigenvalue weighted by Gasteiger charge is 2.23. The maximum Gasteiger partial charge on any atom is 0.135 e. The van der Waals surface area contributed by atoms with Gasteiger partial charge in [-0.2, -0.15) is 5.10 Å². The largest absolute Gasteiger partial charge is 0.300 e. The van der Waals surface area contributed by atoms with Crippen LogP contribution in [0.3, 0.4) is 0 Å². The van der Waals surface area contributed by atoms with Crippen molar-refractivity contribution in [2.24, 2.45) is 0 Å². The van der Waals surface area contributed by atoms with E-state index in [9.17, 15) is 4.79 Å². The van der Waals surface area contributed by atoms with Crippen LogP contribution in [0.2, 0.25) is 5.02 Å². The Labute approximate surface area is 75.3 Å². The Hall–Kier alpha value is -0.830. The molecule has 1 unspecified atom stereocenters. The van der Waals surface area contributed by atoms with E-state index in [1.54, 1.807) is 17.1 Å². The van der Waals surface area contributed by atoms with Crippen molar-refractivity contribution in [2.75, 3.05) is 0 Å². The highest BCUT2D eigenvalue weighted by Crippen LogP contribution is 2.26. The zero-order valence-corrected chi connectivity index (χ0v) is 7.29. The lowest BCUT2D eigenvalue weighted by Crippen LogP contribution is -2.05. The first-order valence-electron chi connectivity index (χ1n) is 3.97. The molecule has 64 valence electrons. The molecule has 0 N–H and O–H groups in total. The lowest BCUT2D eigenvalue weighted by molar-refractivity contribution is -0.117. The topological polar surface area (TPSA) is 34.9 Å². The fourth-order valence-corrected chi connectivity index (χ4v) is 1.68. The molecule has 3 nitrogen and oxygen atoms in total. The molecule has 1 atom stereocenters. The molecular formula is C8H9ClN2O. The van der Waals surface area contributed by atoms with Crippen LogP contribution in [-0.4, -0.2) is 15.6 Å². The maximum absolute atomic E-state index is 11.0. The van der Waals surface area contributed by atoms with Crippen molar-refractivity contribution >= 4 is 17.4 Å². The van der Waals surface area contributed by atoms with E-state index in [1.807, 2.05) is 0 Å². The lowest BCUT2D eigenvalue weighted by Gasteiger charge is -2.06. The number of aromatic nitrogens is 2. The molecule has 1 heterocycles.